The smallest absolute Gasteiger partial charge is 0.200 e. The van der Waals surface area contributed by atoms with Crippen LogP contribution in [0.2, 0.25) is 0 Å². The van der Waals surface area contributed by atoms with E-state index in [9.17, 15) is 0 Å². The Balaban J connectivity index is 1.84. The van der Waals surface area contributed by atoms with Gasteiger partial charge in [-0.1, -0.05) is 45.0 Å². The van der Waals surface area contributed by atoms with Crippen molar-refractivity contribution in [3.05, 3.63) is 53.9 Å². The van der Waals surface area contributed by atoms with Crippen LogP contribution in [0.1, 0.15) is 31.9 Å². The standard InChI is InChI=1S/C16H19N3/c1-16(2,3)13-7-5-12(6-8-13)14-11-19-10-4-9-17-15(19)18-14/h4-11,15,18H,1-3H3. The molecule has 3 nitrogen and oxygen atoms in total. The van der Waals surface area contributed by atoms with E-state index in [-0.39, 0.29) is 11.7 Å². The minimum Gasteiger partial charge on any atom is -0.345 e. The summed E-state index contributed by atoms with van der Waals surface area (Å²) in [5, 5.41) is 3.41. The summed E-state index contributed by atoms with van der Waals surface area (Å²) in [5.41, 5.74) is 3.87. The van der Waals surface area contributed by atoms with E-state index < -0.39 is 0 Å². The van der Waals surface area contributed by atoms with E-state index in [2.05, 4.69) is 66.4 Å². The van der Waals surface area contributed by atoms with Gasteiger partial charge in [-0.3, -0.25) is 0 Å². The number of aliphatic imine (C=N–C) groups is 1. The van der Waals surface area contributed by atoms with Crippen molar-refractivity contribution in [3.63, 3.8) is 0 Å². The van der Waals surface area contributed by atoms with Crippen LogP contribution in [0.5, 0.6) is 0 Å². The van der Waals surface area contributed by atoms with E-state index in [1.54, 1.807) is 0 Å². The highest BCUT2D eigenvalue weighted by molar-refractivity contribution is 5.74. The van der Waals surface area contributed by atoms with Crippen molar-refractivity contribution in [3.8, 4) is 0 Å². The molecule has 1 N–H and O–H groups in total. The molecule has 0 spiro atoms. The van der Waals surface area contributed by atoms with Crippen LogP contribution in [0.15, 0.2) is 47.7 Å². The maximum atomic E-state index is 4.37. The molecule has 2 aliphatic rings. The quantitative estimate of drug-likeness (QED) is 0.833. The molecule has 0 radical (unpaired) electrons. The van der Waals surface area contributed by atoms with Crippen LogP contribution in [0.4, 0.5) is 0 Å². The van der Waals surface area contributed by atoms with Gasteiger partial charge in [0.2, 0.25) is 0 Å². The Morgan fingerprint density at radius 3 is 2.53 bits per heavy atom. The molecular weight excluding hydrogens is 234 g/mol. The molecule has 0 aromatic heterocycles. The first kappa shape index (κ1) is 12.0. The molecule has 2 aliphatic heterocycles. The second kappa shape index (κ2) is 4.26. The molecule has 0 saturated carbocycles. The van der Waals surface area contributed by atoms with Gasteiger partial charge in [0, 0.05) is 18.6 Å². The third-order valence-corrected chi connectivity index (χ3v) is 3.48. The van der Waals surface area contributed by atoms with E-state index in [1.165, 1.54) is 11.1 Å². The lowest BCUT2D eigenvalue weighted by atomic mass is 9.86. The number of rotatable bonds is 1. The fourth-order valence-electron chi connectivity index (χ4n) is 2.29. The number of hydrogen-bond acceptors (Lipinski definition) is 3. The highest BCUT2D eigenvalue weighted by Gasteiger charge is 2.23. The van der Waals surface area contributed by atoms with Crippen LogP contribution in [0.3, 0.4) is 0 Å². The Kier molecular flexibility index (Phi) is 2.70. The molecule has 0 amide bonds. The lowest BCUT2D eigenvalue weighted by molar-refractivity contribution is 0.377. The first-order valence-corrected chi connectivity index (χ1v) is 6.61. The lowest BCUT2D eigenvalue weighted by Crippen LogP contribution is -2.32. The van der Waals surface area contributed by atoms with E-state index in [0.717, 1.165) is 5.70 Å². The minimum absolute atomic E-state index is 0.0160. The Labute approximate surface area is 114 Å². The van der Waals surface area contributed by atoms with Crippen molar-refractivity contribution >= 4 is 11.9 Å². The number of fused-ring (bicyclic) bond motifs is 1. The van der Waals surface area contributed by atoms with Crippen molar-refractivity contribution < 1.29 is 0 Å². The lowest BCUT2D eigenvalue weighted by Gasteiger charge is -2.20. The zero-order valence-electron chi connectivity index (χ0n) is 11.6. The van der Waals surface area contributed by atoms with Crippen LogP contribution in [-0.4, -0.2) is 17.4 Å². The van der Waals surface area contributed by atoms with Crippen molar-refractivity contribution in [2.75, 3.05) is 0 Å². The summed E-state index contributed by atoms with van der Waals surface area (Å²) < 4.78 is 0. The molecule has 1 aromatic carbocycles. The number of hydrogen-bond donors (Lipinski definition) is 1. The summed E-state index contributed by atoms with van der Waals surface area (Å²) in [6, 6.07) is 8.75. The van der Waals surface area contributed by atoms with Gasteiger partial charge in [-0.15, -0.1) is 0 Å². The van der Waals surface area contributed by atoms with E-state index >= 15 is 0 Å². The number of allylic oxidation sites excluding steroid dienone is 1. The summed E-state index contributed by atoms with van der Waals surface area (Å²) in [6.07, 6.45) is 7.92. The third kappa shape index (κ3) is 2.28. The maximum absolute atomic E-state index is 4.37. The second-order valence-electron chi connectivity index (χ2n) is 5.98. The zero-order valence-corrected chi connectivity index (χ0v) is 11.6. The number of benzene rings is 1. The molecule has 0 aliphatic carbocycles. The fraction of sp³-hybridized carbons (Fsp3) is 0.312. The van der Waals surface area contributed by atoms with E-state index in [0.29, 0.717) is 0 Å². The monoisotopic (exact) mass is 253 g/mol. The molecular formula is C16H19N3. The Morgan fingerprint density at radius 1 is 1.16 bits per heavy atom. The van der Waals surface area contributed by atoms with Gasteiger partial charge >= 0.3 is 0 Å². The fourth-order valence-corrected chi connectivity index (χ4v) is 2.29. The van der Waals surface area contributed by atoms with Crippen LogP contribution < -0.4 is 5.32 Å². The van der Waals surface area contributed by atoms with E-state index in [1.807, 2.05) is 18.5 Å². The molecule has 1 unspecified atom stereocenters. The molecule has 1 aromatic rings. The summed E-state index contributed by atoms with van der Waals surface area (Å²) in [4.78, 5) is 6.45. The Morgan fingerprint density at radius 2 is 1.89 bits per heavy atom. The zero-order chi connectivity index (χ0) is 13.5. The van der Waals surface area contributed by atoms with Crippen LogP contribution >= 0.6 is 0 Å². The van der Waals surface area contributed by atoms with Crippen LogP contribution in [0, 0.1) is 0 Å². The maximum Gasteiger partial charge on any atom is 0.200 e. The predicted molar refractivity (Wildman–Crippen MR) is 79.5 cm³/mol. The van der Waals surface area contributed by atoms with Crippen molar-refractivity contribution in [1.82, 2.24) is 10.2 Å². The largest absolute Gasteiger partial charge is 0.345 e. The highest BCUT2D eigenvalue weighted by Crippen LogP contribution is 2.26. The average Bonchev–Trinajstić information content (AvgIpc) is 2.81. The van der Waals surface area contributed by atoms with Gasteiger partial charge in [0.15, 0.2) is 6.29 Å². The summed E-state index contributed by atoms with van der Waals surface area (Å²) in [5.74, 6) is 0. The average molecular weight is 253 g/mol. The van der Waals surface area contributed by atoms with Gasteiger partial charge < -0.3 is 10.2 Å². The number of nitrogens with zero attached hydrogens (tertiary/aromatic N) is 2. The van der Waals surface area contributed by atoms with Gasteiger partial charge in [0.1, 0.15) is 0 Å². The minimum atomic E-state index is 0.0160. The summed E-state index contributed by atoms with van der Waals surface area (Å²) >= 11 is 0. The number of nitrogens with one attached hydrogen (secondary N) is 1. The molecule has 19 heavy (non-hydrogen) atoms. The molecule has 0 saturated heterocycles. The van der Waals surface area contributed by atoms with Gasteiger partial charge in [-0.25, -0.2) is 4.99 Å². The van der Waals surface area contributed by atoms with E-state index in [4.69, 9.17) is 0 Å². The normalized spacial score (nSPS) is 21.1. The topological polar surface area (TPSA) is 27.6 Å². The highest BCUT2D eigenvalue weighted by atomic mass is 15.4. The predicted octanol–water partition coefficient (Wildman–Crippen LogP) is 3.07. The van der Waals surface area contributed by atoms with Crippen LogP contribution in [-0.2, 0) is 5.41 Å². The third-order valence-electron chi connectivity index (χ3n) is 3.48. The first-order chi connectivity index (χ1) is 9.04. The Hall–Kier alpha value is -2.03. The van der Waals surface area contributed by atoms with Gasteiger partial charge in [-0.05, 0) is 22.6 Å². The SMILES string of the molecule is CC(C)(C)c1ccc(C2=CN3C=CC=NC3N2)cc1. The van der Waals surface area contributed by atoms with Crippen molar-refractivity contribution in [2.45, 2.75) is 32.5 Å². The molecule has 2 heterocycles. The second-order valence-corrected chi connectivity index (χ2v) is 5.98. The molecule has 3 heteroatoms. The van der Waals surface area contributed by atoms with Crippen molar-refractivity contribution in [2.24, 2.45) is 4.99 Å². The Bertz CT molecular complexity index is 559. The molecule has 0 bridgehead atoms. The first-order valence-electron chi connectivity index (χ1n) is 6.61. The molecule has 3 rings (SSSR count). The molecule has 0 fully saturated rings. The van der Waals surface area contributed by atoms with Gasteiger partial charge in [0.05, 0.1) is 5.70 Å². The van der Waals surface area contributed by atoms with Gasteiger partial charge in [0.25, 0.3) is 0 Å². The van der Waals surface area contributed by atoms with Crippen molar-refractivity contribution in [1.29, 1.82) is 0 Å². The van der Waals surface area contributed by atoms with Gasteiger partial charge in [-0.2, -0.15) is 0 Å². The summed E-state index contributed by atoms with van der Waals surface area (Å²) in [7, 11) is 0. The van der Waals surface area contributed by atoms with Crippen LogP contribution in [0.25, 0.3) is 5.70 Å². The molecule has 1 atom stereocenters. The summed E-state index contributed by atoms with van der Waals surface area (Å²) in [6.45, 7) is 6.69. The molecule has 98 valence electrons.